The average molecular weight is 332 g/mol. The number of nitrogens with one attached hydrogen (secondary N) is 2. The molecule has 2 N–H and O–H groups in total. The van der Waals surface area contributed by atoms with Crippen molar-refractivity contribution in [3.63, 3.8) is 0 Å². The van der Waals surface area contributed by atoms with Crippen molar-refractivity contribution in [2.75, 3.05) is 6.54 Å². The number of nitriles is 1. The molecule has 1 aromatic rings. The van der Waals surface area contributed by atoms with Crippen molar-refractivity contribution < 1.29 is 4.79 Å². The molecule has 0 unspecified atom stereocenters. The van der Waals surface area contributed by atoms with Gasteiger partial charge in [-0.05, 0) is 30.9 Å². The number of benzene rings is 1. The number of halogens is 1. The normalized spacial score (nSPS) is 15.7. The standard InChI is InChI=1S/C18H22ClN3O/c19-17-9-5-4-6-14(17)10-11-21-13-15(12-20)18(23)22-16-7-2-1-3-8-16/h4-6,9,13,16,21H,1-3,7-8,10-11H2,(H,22,23)/b15-13-. The molecule has 23 heavy (non-hydrogen) atoms. The van der Waals surface area contributed by atoms with E-state index in [2.05, 4.69) is 10.6 Å². The molecule has 4 nitrogen and oxygen atoms in total. The third-order valence-electron chi connectivity index (χ3n) is 4.05. The molecule has 122 valence electrons. The molecule has 1 fully saturated rings. The molecule has 1 amide bonds. The summed E-state index contributed by atoms with van der Waals surface area (Å²) in [6, 6.07) is 9.82. The maximum Gasteiger partial charge on any atom is 0.263 e. The van der Waals surface area contributed by atoms with Crippen LogP contribution in [0.1, 0.15) is 37.7 Å². The average Bonchev–Trinajstić information content (AvgIpc) is 2.57. The molecule has 1 saturated carbocycles. The van der Waals surface area contributed by atoms with Crippen LogP contribution in [0.2, 0.25) is 5.02 Å². The molecule has 0 aliphatic heterocycles. The lowest BCUT2D eigenvalue weighted by atomic mass is 9.95. The minimum Gasteiger partial charge on any atom is -0.389 e. The maximum absolute atomic E-state index is 12.1. The zero-order valence-electron chi connectivity index (χ0n) is 13.1. The third-order valence-corrected chi connectivity index (χ3v) is 4.42. The molecule has 1 aliphatic rings. The van der Waals surface area contributed by atoms with E-state index in [0.29, 0.717) is 6.54 Å². The van der Waals surface area contributed by atoms with Crippen molar-refractivity contribution in [1.29, 1.82) is 5.26 Å². The van der Waals surface area contributed by atoms with Gasteiger partial charge in [0.25, 0.3) is 5.91 Å². The highest BCUT2D eigenvalue weighted by Gasteiger charge is 2.17. The largest absolute Gasteiger partial charge is 0.389 e. The van der Waals surface area contributed by atoms with Crippen molar-refractivity contribution in [3.8, 4) is 6.07 Å². The summed E-state index contributed by atoms with van der Waals surface area (Å²) in [6.45, 7) is 0.617. The van der Waals surface area contributed by atoms with E-state index in [1.165, 1.54) is 12.6 Å². The molecule has 2 rings (SSSR count). The molecule has 0 spiro atoms. The Morgan fingerprint density at radius 1 is 1.30 bits per heavy atom. The Morgan fingerprint density at radius 2 is 2.04 bits per heavy atom. The molecule has 0 aromatic heterocycles. The van der Waals surface area contributed by atoms with Gasteiger partial charge in [0.05, 0.1) is 0 Å². The monoisotopic (exact) mass is 331 g/mol. The van der Waals surface area contributed by atoms with Gasteiger partial charge in [-0.2, -0.15) is 5.26 Å². The van der Waals surface area contributed by atoms with Gasteiger partial charge in [-0.15, -0.1) is 0 Å². The molecule has 0 radical (unpaired) electrons. The van der Waals surface area contributed by atoms with Gasteiger partial charge < -0.3 is 10.6 Å². The number of rotatable bonds is 6. The van der Waals surface area contributed by atoms with E-state index in [-0.39, 0.29) is 17.5 Å². The summed E-state index contributed by atoms with van der Waals surface area (Å²) in [7, 11) is 0. The van der Waals surface area contributed by atoms with Gasteiger partial charge >= 0.3 is 0 Å². The minimum absolute atomic E-state index is 0.120. The van der Waals surface area contributed by atoms with Crippen LogP contribution in [0.25, 0.3) is 0 Å². The second kappa shape index (κ2) is 9.22. The van der Waals surface area contributed by atoms with Crippen LogP contribution < -0.4 is 10.6 Å². The van der Waals surface area contributed by atoms with Crippen molar-refractivity contribution in [2.24, 2.45) is 0 Å². The summed E-state index contributed by atoms with van der Waals surface area (Å²) >= 11 is 6.09. The Kier molecular flexibility index (Phi) is 6.96. The Balaban J connectivity index is 1.80. The van der Waals surface area contributed by atoms with E-state index in [1.54, 1.807) is 0 Å². The second-order valence-corrected chi connectivity index (χ2v) is 6.18. The molecule has 0 atom stereocenters. The lowest BCUT2D eigenvalue weighted by Crippen LogP contribution is -2.37. The summed E-state index contributed by atoms with van der Waals surface area (Å²) in [6.07, 6.45) is 7.76. The van der Waals surface area contributed by atoms with Crippen LogP contribution in [0.3, 0.4) is 0 Å². The quantitative estimate of drug-likeness (QED) is 0.477. The van der Waals surface area contributed by atoms with Crippen molar-refractivity contribution in [2.45, 2.75) is 44.6 Å². The predicted molar refractivity (Wildman–Crippen MR) is 91.9 cm³/mol. The molecular formula is C18H22ClN3O. The lowest BCUT2D eigenvalue weighted by Gasteiger charge is -2.22. The second-order valence-electron chi connectivity index (χ2n) is 5.77. The smallest absolute Gasteiger partial charge is 0.263 e. The summed E-state index contributed by atoms with van der Waals surface area (Å²) in [5.74, 6) is -0.287. The van der Waals surface area contributed by atoms with Crippen LogP contribution in [0.15, 0.2) is 36.0 Å². The summed E-state index contributed by atoms with van der Waals surface area (Å²) in [5.41, 5.74) is 1.16. The van der Waals surface area contributed by atoms with Crippen LogP contribution >= 0.6 is 11.6 Å². The molecule has 5 heteroatoms. The summed E-state index contributed by atoms with van der Waals surface area (Å²) in [5, 5.41) is 15.8. The number of amides is 1. The first-order valence-corrected chi connectivity index (χ1v) is 8.46. The van der Waals surface area contributed by atoms with Gasteiger partial charge in [0.15, 0.2) is 0 Å². The van der Waals surface area contributed by atoms with E-state index in [1.807, 2.05) is 30.3 Å². The Bertz CT molecular complexity index is 601. The maximum atomic E-state index is 12.1. The van der Waals surface area contributed by atoms with Crippen LogP contribution in [-0.2, 0) is 11.2 Å². The predicted octanol–water partition coefficient (Wildman–Crippen LogP) is 3.33. The Labute approximate surface area is 142 Å². The first-order chi connectivity index (χ1) is 11.2. The fourth-order valence-electron chi connectivity index (χ4n) is 2.74. The van der Waals surface area contributed by atoms with E-state index >= 15 is 0 Å². The first-order valence-electron chi connectivity index (χ1n) is 8.08. The van der Waals surface area contributed by atoms with Crippen molar-refractivity contribution in [1.82, 2.24) is 10.6 Å². The zero-order chi connectivity index (χ0) is 16.5. The highest BCUT2D eigenvalue weighted by atomic mass is 35.5. The van der Waals surface area contributed by atoms with Crippen LogP contribution in [0, 0.1) is 11.3 Å². The fourth-order valence-corrected chi connectivity index (χ4v) is 2.97. The molecular weight excluding hydrogens is 310 g/mol. The number of hydrogen-bond donors (Lipinski definition) is 2. The lowest BCUT2D eigenvalue weighted by molar-refractivity contribution is -0.118. The van der Waals surface area contributed by atoms with Crippen molar-refractivity contribution in [3.05, 3.63) is 46.6 Å². The van der Waals surface area contributed by atoms with Crippen molar-refractivity contribution >= 4 is 17.5 Å². The number of carbonyl (C=O) groups is 1. The Morgan fingerprint density at radius 3 is 2.74 bits per heavy atom. The van der Waals surface area contributed by atoms with Gasteiger partial charge in [-0.25, -0.2) is 0 Å². The number of nitrogens with zero attached hydrogens (tertiary/aromatic N) is 1. The van der Waals surface area contributed by atoms with E-state index in [9.17, 15) is 4.79 Å². The third kappa shape index (κ3) is 5.61. The first kappa shape index (κ1) is 17.4. The minimum atomic E-state index is -0.287. The van der Waals surface area contributed by atoms with E-state index in [4.69, 9.17) is 16.9 Å². The van der Waals surface area contributed by atoms with E-state index in [0.717, 1.165) is 42.7 Å². The van der Waals surface area contributed by atoms with Gasteiger partial charge in [0.2, 0.25) is 0 Å². The molecule has 0 saturated heterocycles. The molecule has 0 heterocycles. The number of hydrogen-bond acceptors (Lipinski definition) is 3. The number of carbonyl (C=O) groups excluding carboxylic acids is 1. The summed E-state index contributed by atoms with van der Waals surface area (Å²) < 4.78 is 0. The van der Waals surface area contributed by atoms with Gasteiger partial charge in [-0.3, -0.25) is 4.79 Å². The van der Waals surface area contributed by atoms with Crippen LogP contribution in [0.4, 0.5) is 0 Å². The van der Waals surface area contributed by atoms with Gasteiger partial charge in [0, 0.05) is 23.8 Å². The topological polar surface area (TPSA) is 64.9 Å². The SMILES string of the molecule is N#C/C(=C/NCCc1ccccc1Cl)C(=O)NC1CCCCC1. The van der Waals surface area contributed by atoms with Gasteiger partial charge in [-0.1, -0.05) is 49.1 Å². The fraction of sp³-hybridized carbons (Fsp3) is 0.444. The van der Waals surface area contributed by atoms with Crippen LogP contribution in [-0.4, -0.2) is 18.5 Å². The van der Waals surface area contributed by atoms with Gasteiger partial charge in [0.1, 0.15) is 11.6 Å². The highest BCUT2D eigenvalue weighted by Crippen LogP contribution is 2.17. The molecule has 1 aromatic carbocycles. The zero-order valence-corrected chi connectivity index (χ0v) is 13.9. The summed E-state index contributed by atoms with van der Waals surface area (Å²) in [4.78, 5) is 12.1. The highest BCUT2D eigenvalue weighted by molar-refractivity contribution is 6.31. The van der Waals surface area contributed by atoms with E-state index < -0.39 is 0 Å². The molecule has 0 bridgehead atoms. The molecule has 1 aliphatic carbocycles. The van der Waals surface area contributed by atoms with Crippen LogP contribution in [0.5, 0.6) is 0 Å². The Hall–Kier alpha value is -1.99.